The summed E-state index contributed by atoms with van der Waals surface area (Å²) in [7, 11) is 0. The Hall–Kier alpha value is -0.330. The molecule has 0 aromatic rings. The van der Waals surface area contributed by atoms with Crippen molar-refractivity contribution in [2.45, 2.75) is 52.4 Å². The maximum absolute atomic E-state index is 10.4. The number of hydrogen-bond acceptors (Lipinski definition) is 1. The van der Waals surface area contributed by atoms with Crippen molar-refractivity contribution in [1.29, 1.82) is 0 Å². The Bertz CT molecular complexity index is 88.9. The Morgan fingerprint density at radius 2 is 1.82 bits per heavy atom. The minimum atomic E-state index is 0.214. The summed E-state index contributed by atoms with van der Waals surface area (Å²) in [5, 5.41) is 0. The summed E-state index contributed by atoms with van der Waals surface area (Å²) in [6.45, 7) is 4.30. The topological polar surface area (TPSA) is 17.1 Å². The zero-order valence-corrected chi connectivity index (χ0v) is 7.73. The third kappa shape index (κ3) is 6.08. The molecule has 0 aliphatic rings. The van der Waals surface area contributed by atoms with Crippen molar-refractivity contribution < 1.29 is 4.79 Å². The molecule has 0 rings (SSSR count). The second-order valence-corrected chi connectivity index (χ2v) is 3.10. The SMILES string of the molecule is CCCCCC([C]=O)CCC. The Kier molecular flexibility index (Phi) is 7.54. The molecular formula is C10H19O. The van der Waals surface area contributed by atoms with Crippen LogP contribution in [0.25, 0.3) is 0 Å². The van der Waals surface area contributed by atoms with Crippen molar-refractivity contribution in [3.05, 3.63) is 0 Å². The molecule has 1 heteroatoms. The molecule has 0 N–H and O–H groups in total. The van der Waals surface area contributed by atoms with Crippen molar-refractivity contribution in [1.82, 2.24) is 0 Å². The Balaban J connectivity index is 3.28. The van der Waals surface area contributed by atoms with Crippen LogP contribution in [0.4, 0.5) is 0 Å². The minimum absolute atomic E-state index is 0.214. The highest BCUT2D eigenvalue weighted by atomic mass is 16.1. The molecule has 11 heavy (non-hydrogen) atoms. The van der Waals surface area contributed by atoms with Crippen LogP contribution in [0.3, 0.4) is 0 Å². The van der Waals surface area contributed by atoms with Gasteiger partial charge in [0.05, 0.1) is 0 Å². The smallest absolute Gasteiger partial charge is 0.201 e. The average Bonchev–Trinajstić information content (AvgIpc) is 2.03. The van der Waals surface area contributed by atoms with Crippen molar-refractivity contribution in [2.24, 2.45) is 5.92 Å². The van der Waals surface area contributed by atoms with Crippen LogP contribution >= 0.6 is 0 Å². The molecule has 0 aliphatic heterocycles. The van der Waals surface area contributed by atoms with Crippen LogP contribution in [0.1, 0.15) is 52.4 Å². The van der Waals surface area contributed by atoms with Gasteiger partial charge in [-0.3, -0.25) is 4.79 Å². The van der Waals surface area contributed by atoms with E-state index in [2.05, 4.69) is 20.1 Å². The zero-order valence-electron chi connectivity index (χ0n) is 7.73. The first-order valence-electron chi connectivity index (χ1n) is 4.72. The predicted octanol–water partition coefficient (Wildman–Crippen LogP) is 3.09. The zero-order chi connectivity index (χ0) is 8.53. The van der Waals surface area contributed by atoms with E-state index in [0.29, 0.717) is 0 Å². The second kappa shape index (κ2) is 7.77. The molecule has 0 amide bonds. The maximum atomic E-state index is 10.4. The van der Waals surface area contributed by atoms with Crippen LogP contribution in [0, 0.1) is 5.92 Å². The highest BCUT2D eigenvalue weighted by Crippen LogP contribution is 2.12. The summed E-state index contributed by atoms with van der Waals surface area (Å²) in [5.74, 6) is 0.214. The molecule has 0 spiro atoms. The number of rotatable bonds is 7. The maximum Gasteiger partial charge on any atom is 0.201 e. The fourth-order valence-electron chi connectivity index (χ4n) is 1.25. The molecule has 0 aliphatic carbocycles. The standard InChI is InChI=1S/C10H19O/c1-3-5-6-8-10(9-11)7-4-2/h10H,3-8H2,1-2H3. The third-order valence-corrected chi connectivity index (χ3v) is 1.96. The average molecular weight is 155 g/mol. The van der Waals surface area contributed by atoms with Gasteiger partial charge in [0.2, 0.25) is 6.29 Å². The summed E-state index contributed by atoms with van der Waals surface area (Å²) >= 11 is 0. The van der Waals surface area contributed by atoms with Crippen molar-refractivity contribution >= 4 is 6.29 Å². The molecule has 0 aromatic carbocycles. The molecule has 1 unspecified atom stereocenters. The lowest BCUT2D eigenvalue weighted by atomic mass is 9.98. The van der Waals surface area contributed by atoms with E-state index in [1.165, 1.54) is 19.3 Å². The molecule has 65 valence electrons. The van der Waals surface area contributed by atoms with Gasteiger partial charge in [-0.1, -0.05) is 39.5 Å². The van der Waals surface area contributed by atoms with Gasteiger partial charge in [-0.15, -0.1) is 0 Å². The molecular weight excluding hydrogens is 136 g/mol. The van der Waals surface area contributed by atoms with Crippen molar-refractivity contribution in [3.63, 3.8) is 0 Å². The largest absolute Gasteiger partial charge is 0.291 e. The monoisotopic (exact) mass is 155 g/mol. The van der Waals surface area contributed by atoms with E-state index in [-0.39, 0.29) is 5.92 Å². The highest BCUT2D eigenvalue weighted by molar-refractivity contribution is 5.54. The van der Waals surface area contributed by atoms with Gasteiger partial charge < -0.3 is 0 Å². The van der Waals surface area contributed by atoms with E-state index in [1.807, 2.05) is 0 Å². The second-order valence-electron chi connectivity index (χ2n) is 3.10. The lowest BCUT2D eigenvalue weighted by molar-refractivity contribution is 0.471. The number of carbonyl (C=O) groups excluding carboxylic acids is 1. The lowest BCUT2D eigenvalue weighted by Gasteiger charge is -2.05. The fourth-order valence-corrected chi connectivity index (χ4v) is 1.25. The van der Waals surface area contributed by atoms with Crippen LogP contribution in [0.15, 0.2) is 0 Å². The van der Waals surface area contributed by atoms with Crippen molar-refractivity contribution in [3.8, 4) is 0 Å². The molecule has 1 radical (unpaired) electrons. The Morgan fingerprint density at radius 3 is 2.27 bits per heavy atom. The van der Waals surface area contributed by atoms with Gasteiger partial charge in [0.15, 0.2) is 0 Å². The fraction of sp³-hybridized carbons (Fsp3) is 0.900. The number of hydrogen-bond donors (Lipinski definition) is 0. The van der Waals surface area contributed by atoms with E-state index in [4.69, 9.17) is 0 Å². The van der Waals surface area contributed by atoms with Crippen LogP contribution in [0.2, 0.25) is 0 Å². The van der Waals surface area contributed by atoms with E-state index in [0.717, 1.165) is 19.3 Å². The summed E-state index contributed by atoms with van der Waals surface area (Å²) < 4.78 is 0. The quantitative estimate of drug-likeness (QED) is 0.516. The highest BCUT2D eigenvalue weighted by Gasteiger charge is 2.05. The van der Waals surface area contributed by atoms with Gasteiger partial charge in [-0.25, -0.2) is 0 Å². The van der Waals surface area contributed by atoms with Gasteiger partial charge in [0.25, 0.3) is 0 Å². The number of unbranched alkanes of at least 4 members (excludes halogenated alkanes) is 2. The molecule has 0 saturated heterocycles. The van der Waals surface area contributed by atoms with Crippen LogP contribution < -0.4 is 0 Å². The van der Waals surface area contributed by atoms with Crippen molar-refractivity contribution in [2.75, 3.05) is 0 Å². The lowest BCUT2D eigenvalue weighted by Crippen LogP contribution is -2.00. The molecule has 1 nitrogen and oxygen atoms in total. The predicted molar refractivity (Wildman–Crippen MR) is 48.2 cm³/mol. The van der Waals surface area contributed by atoms with Gasteiger partial charge in [-0.05, 0) is 12.8 Å². The summed E-state index contributed by atoms with van der Waals surface area (Å²) in [4.78, 5) is 10.4. The van der Waals surface area contributed by atoms with Gasteiger partial charge in [0, 0.05) is 5.92 Å². The van der Waals surface area contributed by atoms with Gasteiger partial charge >= 0.3 is 0 Å². The first kappa shape index (κ1) is 10.7. The first-order valence-corrected chi connectivity index (χ1v) is 4.72. The van der Waals surface area contributed by atoms with Crippen LogP contribution in [0.5, 0.6) is 0 Å². The molecule has 0 heterocycles. The molecule has 1 atom stereocenters. The van der Waals surface area contributed by atoms with Gasteiger partial charge in [0.1, 0.15) is 0 Å². The summed E-state index contributed by atoms with van der Waals surface area (Å²) in [5.41, 5.74) is 0. The molecule has 0 bridgehead atoms. The van der Waals surface area contributed by atoms with E-state index in [9.17, 15) is 4.79 Å². The molecule has 0 fully saturated rings. The first-order chi connectivity index (χ1) is 5.35. The molecule has 0 saturated carbocycles. The Labute approximate surface area is 70.2 Å². The van der Waals surface area contributed by atoms with Gasteiger partial charge in [-0.2, -0.15) is 0 Å². The minimum Gasteiger partial charge on any atom is -0.291 e. The van der Waals surface area contributed by atoms with Crippen LogP contribution in [-0.2, 0) is 4.79 Å². The van der Waals surface area contributed by atoms with E-state index >= 15 is 0 Å². The summed E-state index contributed by atoms with van der Waals surface area (Å²) in [6, 6.07) is 0. The third-order valence-electron chi connectivity index (χ3n) is 1.96. The molecule has 0 aromatic heterocycles. The van der Waals surface area contributed by atoms with E-state index < -0.39 is 0 Å². The normalized spacial score (nSPS) is 12.9. The Morgan fingerprint density at radius 1 is 1.09 bits per heavy atom. The summed E-state index contributed by atoms with van der Waals surface area (Å²) in [6.07, 6.45) is 8.96. The van der Waals surface area contributed by atoms with E-state index in [1.54, 1.807) is 0 Å². The van der Waals surface area contributed by atoms with Crippen LogP contribution in [-0.4, -0.2) is 6.29 Å².